The van der Waals surface area contributed by atoms with E-state index in [2.05, 4.69) is 20.8 Å². The van der Waals surface area contributed by atoms with Gasteiger partial charge >= 0.3 is 0 Å². The smallest absolute Gasteiger partial charge is 0.270 e. The van der Waals surface area contributed by atoms with Crippen LogP contribution in [0.4, 0.5) is 10.8 Å². The summed E-state index contributed by atoms with van der Waals surface area (Å²) < 4.78 is 0. The highest BCUT2D eigenvalue weighted by molar-refractivity contribution is 7.18. The van der Waals surface area contributed by atoms with Gasteiger partial charge in [0, 0.05) is 34.7 Å². The lowest BCUT2D eigenvalue weighted by atomic mass is 10.0. The van der Waals surface area contributed by atoms with Crippen molar-refractivity contribution in [3.05, 3.63) is 105 Å². The highest BCUT2D eigenvalue weighted by atomic mass is 35.5. The monoisotopic (exact) mass is 507 g/mol. The number of hydrogen-bond donors (Lipinski definition) is 2. The van der Waals surface area contributed by atoms with E-state index in [0.29, 0.717) is 10.0 Å². The van der Waals surface area contributed by atoms with Crippen LogP contribution in [0.25, 0.3) is 10.6 Å². The maximum atomic E-state index is 13.1. The molecule has 3 aromatic carbocycles. The number of nitro groups is 1. The van der Waals surface area contributed by atoms with Crippen molar-refractivity contribution < 1.29 is 14.5 Å². The molecule has 0 radical (unpaired) electrons. The first-order valence-electron chi connectivity index (χ1n) is 10.4. The molecule has 0 spiro atoms. The molecule has 4 rings (SSSR count). The minimum absolute atomic E-state index is 0.0734. The number of benzene rings is 3. The summed E-state index contributed by atoms with van der Waals surface area (Å²) >= 11 is 7.21. The molecule has 2 amide bonds. The molecule has 0 fully saturated rings. The third-order valence-electron chi connectivity index (χ3n) is 4.95. The standard InChI is InChI=1S/C24H18ClN5O4S/c25-18-10-4-9-17(13-18)23-28-29-24(35-23)27-22(32)20(12-15-6-2-1-3-7-15)26-21(31)16-8-5-11-19(14-16)30(33)34/h1-11,13-14,20H,12H2,(H,26,31)(H,27,29,32). The van der Waals surface area contributed by atoms with Gasteiger partial charge in [0.2, 0.25) is 11.0 Å². The predicted octanol–water partition coefficient (Wildman–Crippen LogP) is 4.75. The number of nitrogens with zero attached hydrogens (tertiary/aromatic N) is 3. The third kappa shape index (κ3) is 6.25. The van der Waals surface area contributed by atoms with Crippen molar-refractivity contribution in [2.75, 3.05) is 5.32 Å². The zero-order valence-electron chi connectivity index (χ0n) is 18.1. The minimum Gasteiger partial charge on any atom is -0.340 e. The molecular weight excluding hydrogens is 490 g/mol. The Morgan fingerprint density at radius 1 is 1.00 bits per heavy atom. The highest BCUT2D eigenvalue weighted by Crippen LogP contribution is 2.28. The zero-order valence-corrected chi connectivity index (χ0v) is 19.6. The fourth-order valence-electron chi connectivity index (χ4n) is 3.27. The molecule has 0 saturated heterocycles. The van der Waals surface area contributed by atoms with Crippen LogP contribution < -0.4 is 10.6 Å². The first-order chi connectivity index (χ1) is 16.9. The number of carbonyl (C=O) groups excluding carboxylic acids is 2. The molecule has 1 unspecified atom stereocenters. The molecule has 4 aromatic rings. The Hall–Kier alpha value is -4.15. The molecule has 11 heteroatoms. The van der Waals surface area contributed by atoms with E-state index < -0.39 is 22.8 Å². The fraction of sp³-hybridized carbons (Fsp3) is 0.0833. The number of aromatic nitrogens is 2. The first kappa shape index (κ1) is 24.0. The molecule has 35 heavy (non-hydrogen) atoms. The van der Waals surface area contributed by atoms with Crippen molar-refractivity contribution in [3.8, 4) is 10.6 Å². The average Bonchev–Trinajstić information content (AvgIpc) is 3.33. The summed E-state index contributed by atoms with van der Waals surface area (Å²) in [7, 11) is 0. The van der Waals surface area contributed by atoms with Crippen molar-refractivity contribution in [1.82, 2.24) is 15.5 Å². The van der Waals surface area contributed by atoms with E-state index in [1.54, 1.807) is 18.2 Å². The van der Waals surface area contributed by atoms with E-state index in [1.807, 2.05) is 36.4 Å². The summed E-state index contributed by atoms with van der Waals surface area (Å²) in [5.41, 5.74) is 1.44. The Kier molecular flexibility index (Phi) is 7.44. The number of anilines is 1. The van der Waals surface area contributed by atoms with Gasteiger partial charge in [-0.05, 0) is 23.8 Å². The second-order valence-corrected chi connectivity index (χ2v) is 8.85. The summed E-state index contributed by atoms with van der Waals surface area (Å²) in [6, 6.07) is 20.6. The number of amides is 2. The second-order valence-electron chi connectivity index (χ2n) is 7.44. The predicted molar refractivity (Wildman–Crippen MR) is 133 cm³/mol. The molecule has 0 aliphatic rings. The molecule has 0 aliphatic carbocycles. The van der Waals surface area contributed by atoms with Crippen LogP contribution in [0.1, 0.15) is 15.9 Å². The van der Waals surface area contributed by atoms with E-state index in [0.717, 1.165) is 17.2 Å². The van der Waals surface area contributed by atoms with Gasteiger partial charge in [0.05, 0.1) is 4.92 Å². The van der Waals surface area contributed by atoms with Crippen LogP contribution in [-0.2, 0) is 11.2 Å². The quantitative estimate of drug-likeness (QED) is 0.262. The van der Waals surface area contributed by atoms with Crippen molar-refractivity contribution in [2.24, 2.45) is 0 Å². The van der Waals surface area contributed by atoms with Gasteiger partial charge in [0.25, 0.3) is 11.6 Å². The molecule has 0 bridgehead atoms. The van der Waals surface area contributed by atoms with Crippen molar-refractivity contribution in [2.45, 2.75) is 12.5 Å². The summed E-state index contributed by atoms with van der Waals surface area (Å²) in [5.74, 6) is -1.11. The Morgan fingerprint density at radius 2 is 1.77 bits per heavy atom. The summed E-state index contributed by atoms with van der Waals surface area (Å²) in [4.78, 5) is 36.5. The summed E-state index contributed by atoms with van der Waals surface area (Å²) in [5, 5.41) is 26.0. The number of carbonyl (C=O) groups is 2. The molecule has 2 N–H and O–H groups in total. The number of nitrogens with one attached hydrogen (secondary N) is 2. The van der Waals surface area contributed by atoms with E-state index in [-0.39, 0.29) is 22.8 Å². The first-order valence-corrected chi connectivity index (χ1v) is 11.6. The topological polar surface area (TPSA) is 127 Å². The molecule has 1 heterocycles. The van der Waals surface area contributed by atoms with Crippen LogP contribution in [0.3, 0.4) is 0 Å². The van der Waals surface area contributed by atoms with E-state index in [1.165, 1.54) is 29.5 Å². The van der Waals surface area contributed by atoms with Gasteiger partial charge in [0.1, 0.15) is 11.0 Å². The van der Waals surface area contributed by atoms with Gasteiger partial charge < -0.3 is 5.32 Å². The Labute approximate surface area is 208 Å². The van der Waals surface area contributed by atoms with Crippen LogP contribution in [0.2, 0.25) is 5.02 Å². The molecule has 9 nitrogen and oxygen atoms in total. The molecule has 0 saturated carbocycles. The van der Waals surface area contributed by atoms with Gasteiger partial charge in [-0.2, -0.15) is 0 Å². The maximum Gasteiger partial charge on any atom is 0.270 e. The normalized spacial score (nSPS) is 11.5. The molecule has 0 aliphatic heterocycles. The largest absolute Gasteiger partial charge is 0.340 e. The number of halogens is 1. The molecule has 176 valence electrons. The van der Waals surface area contributed by atoms with Crippen LogP contribution >= 0.6 is 22.9 Å². The van der Waals surface area contributed by atoms with Gasteiger partial charge in [-0.25, -0.2) is 0 Å². The van der Waals surface area contributed by atoms with Crippen molar-refractivity contribution >= 4 is 45.6 Å². The van der Waals surface area contributed by atoms with Crippen molar-refractivity contribution in [1.29, 1.82) is 0 Å². The van der Waals surface area contributed by atoms with E-state index in [4.69, 9.17) is 11.6 Å². The van der Waals surface area contributed by atoms with Crippen molar-refractivity contribution in [3.63, 3.8) is 0 Å². The Balaban J connectivity index is 1.53. The van der Waals surface area contributed by atoms with Crippen LogP contribution in [-0.4, -0.2) is 33.0 Å². The lowest BCUT2D eigenvalue weighted by Crippen LogP contribution is -2.45. The lowest BCUT2D eigenvalue weighted by Gasteiger charge is -2.18. The number of non-ortho nitro benzene ring substituents is 1. The second kappa shape index (κ2) is 10.9. The number of nitro benzene ring substituents is 1. The summed E-state index contributed by atoms with van der Waals surface area (Å²) in [6.07, 6.45) is 0.202. The van der Waals surface area contributed by atoms with Gasteiger partial charge in [-0.3, -0.25) is 25.0 Å². The Morgan fingerprint density at radius 3 is 2.51 bits per heavy atom. The van der Waals surface area contributed by atoms with Gasteiger partial charge in [-0.1, -0.05) is 71.5 Å². The van der Waals surface area contributed by atoms with E-state index >= 15 is 0 Å². The SMILES string of the molecule is O=C(NC(Cc1ccccc1)C(=O)Nc1nnc(-c2cccc(Cl)c2)s1)c1cccc([N+](=O)[O-])c1. The average molecular weight is 508 g/mol. The molecule has 1 atom stereocenters. The van der Waals surface area contributed by atoms with Gasteiger partial charge in [0.15, 0.2) is 0 Å². The van der Waals surface area contributed by atoms with Crippen LogP contribution in [0, 0.1) is 10.1 Å². The highest BCUT2D eigenvalue weighted by Gasteiger charge is 2.24. The summed E-state index contributed by atoms with van der Waals surface area (Å²) in [6.45, 7) is 0. The molecule has 1 aromatic heterocycles. The van der Waals surface area contributed by atoms with Crippen LogP contribution in [0.15, 0.2) is 78.9 Å². The zero-order chi connectivity index (χ0) is 24.8. The lowest BCUT2D eigenvalue weighted by molar-refractivity contribution is -0.384. The maximum absolute atomic E-state index is 13.1. The number of hydrogen-bond acceptors (Lipinski definition) is 7. The fourth-order valence-corrected chi connectivity index (χ4v) is 4.20. The van der Waals surface area contributed by atoms with Gasteiger partial charge in [-0.15, -0.1) is 10.2 Å². The third-order valence-corrected chi connectivity index (χ3v) is 6.07. The molecular formula is C24H18ClN5O4S. The van der Waals surface area contributed by atoms with Crippen LogP contribution in [0.5, 0.6) is 0 Å². The Bertz CT molecular complexity index is 1380. The number of rotatable bonds is 8. The minimum atomic E-state index is -0.970. The van der Waals surface area contributed by atoms with E-state index in [9.17, 15) is 19.7 Å².